The average molecular weight is 395 g/mol. The third-order valence-electron chi connectivity index (χ3n) is 5.46. The van der Waals surface area contributed by atoms with E-state index >= 15 is 0 Å². The van der Waals surface area contributed by atoms with Crippen molar-refractivity contribution >= 4 is 11.4 Å². The number of fused-ring (bicyclic) bond motifs is 1. The number of oxazole rings is 2. The molecule has 29 heavy (non-hydrogen) atoms. The predicted molar refractivity (Wildman–Crippen MR) is 114 cm³/mol. The van der Waals surface area contributed by atoms with Crippen LogP contribution < -0.4 is 9.80 Å². The van der Waals surface area contributed by atoms with Crippen molar-refractivity contribution in [2.24, 2.45) is 0 Å². The largest absolute Gasteiger partial charge is 0.444 e. The zero-order valence-electron chi connectivity index (χ0n) is 17.9. The first-order chi connectivity index (χ1) is 13.9. The highest BCUT2D eigenvalue weighted by molar-refractivity contribution is 5.73. The van der Waals surface area contributed by atoms with Crippen molar-refractivity contribution in [1.82, 2.24) is 9.97 Å². The quantitative estimate of drug-likeness (QED) is 0.564. The highest BCUT2D eigenvalue weighted by Gasteiger charge is 2.30. The minimum Gasteiger partial charge on any atom is -0.444 e. The fraction of sp³-hybridized carbons (Fsp3) is 0.478. The maximum Gasteiger partial charge on any atom is 0.213 e. The van der Waals surface area contributed by atoms with Crippen LogP contribution in [0.25, 0.3) is 0 Å². The van der Waals surface area contributed by atoms with E-state index in [9.17, 15) is 0 Å². The standard InChI is InChI=1S/C23H30N4O2/c1-15(2)20-10-24-22(28-20)13-26-12-17(5)27(19-9-7-6-8-18(19)26)14-23-25-11-21(29-23)16(3)4/h6-11,15-17H,12-14H2,1-5H3. The lowest BCUT2D eigenvalue weighted by Crippen LogP contribution is -2.47. The van der Waals surface area contributed by atoms with E-state index in [0.717, 1.165) is 29.8 Å². The number of nitrogens with zero attached hydrogens (tertiary/aromatic N) is 4. The van der Waals surface area contributed by atoms with E-state index in [1.807, 2.05) is 12.4 Å². The Morgan fingerprint density at radius 3 is 2.00 bits per heavy atom. The van der Waals surface area contributed by atoms with Crippen molar-refractivity contribution in [2.75, 3.05) is 16.3 Å². The van der Waals surface area contributed by atoms with Gasteiger partial charge in [-0.1, -0.05) is 39.8 Å². The summed E-state index contributed by atoms with van der Waals surface area (Å²) in [5.41, 5.74) is 2.37. The molecule has 1 aliphatic rings. The molecule has 4 rings (SSSR count). The number of aromatic nitrogens is 2. The molecule has 0 N–H and O–H groups in total. The maximum atomic E-state index is 5.97. The lowest BCUT2D eigenvalue weighted by Gasteiger charge is -2.42. The number of rotatable bonds is 6. The molecule has 0 saturated heterocycles. The monoisotopic (exact) mass is 394 g/mol. The molecular formula is C23H30N4O2. The van der Waals surface area contributed by atoms with Crippen molar-refractivity contribution < 1.29 is 8.83 Å². The molecule has 0 amide bonds. The molecular weight excluding hydrogens is 364 g/mol. The van der Waals surface area contributed by atoms with E-state index < -0.39 is 0 Å². The van der Waals surface area contributed by atoms with E-state index in [0.29, 0.717) is 31.0 Å². The SMILES string of the molecule is CC(C)c1cnc(CN2CC(C)N(Cc3ncc(C(C)C)o3)c3ccccc32)o1. The number of para-hydroxylation sites is 2. The van der Waals surface area contributed by atoms with E-state index in [2.05, 4.69) is 78.7 Å². The topological polar surface area (TPSA) is 58.5 Å². The van der Waals surface area contributed by atoms with Crippen LogP contribution in [0.3, 0.4) is 0 Å². The van der Waals surface area contributed by atoms with Gasteiger partial charge in [0, 0.05) is 24.4 Å². The molecule has 0 radical (unpaired) electrons. The van der Waals surface area contributed by atoms with Gasteiger partial charge in [-0.15, -0.1) is 0 Å². The van der Waals surface area contributed by atoms with Gasteiger partial charge >= 0.3 is 0 Å². The smallest absolute Gasteiger partial charge is 0.213 e. The molecule has 2 aromatic heterocycles. The molecule has 1 aliphatic heterocycles. The average Bonchev–Trinajstić information content (AvgIpc) is 3.34. The summed E-state index contributed by atoms with van der Waals surface area (Å²) in [6.45, 7) is 12.9. The van der Waals surface area contributed by atoms with Gasteiger partial charge in [-0.3, -0.25) is 0 Å². The van der Waals surface area contributed by atoms with Crippen LogP contribution in [-0.4, -0.2) is 22.6 Å². The van der Waals surface area contributed by atoms with Crippen LogP contribution in [0.15, 0.2) is 45.5 Å². The van der Waals surface area contributed by atoms with Crippen LogP contribution in [0.1, 0.15) is 69.8 Å². The fourth-order valence-corrected chi connectivity index (χ4v) is 3.76. The minimum absolute atomic E-state index is 0.304. The lowest BCUT2D eigenvalue weighted by molar-refractivity contribution is 0.417. The van der Waals surface area contributed by atoms with Crippen LogP contribution in [0, 0.1) is 0 Å². The Balaban J connectivity index is 1.57. The van der Waals surface area contributed by atoms with Gasteiger partial charge in [0.15, 0.2) is 0 Å². The molecule has 3 aromatic rings. The van der Waals surface area contributed by atoms with Crippen LogP contribution in [-0.2, 0) is 13.1 Å². The second kappa shape index (κ2) is 7.93. The van der Waals surface area contributed by atoms with Gasteiger partial charge in [-0.2, -0.15) is 0 Å². The van der Waals surface area contributed by atoms with Crippen LogP contribution in [0.2, 0.25) is 0 Å². The summed E-state index contributed by atoms with van der Waals surface area (Å²) in [6, 6.07) is 8.80. The Morgan fingerprint density at radius 2 is 1.45 bits per heavy atom. The lowest BCUT2D eigenvalue weighted by atomic mass is 10.1. The Hall–Kier alpha value is -2.76. The number of hydrogen-bond donors (Lipinski definition) is 0. The number of hydrogen-bond acceptors (Lipinski definition) is 6. The summed E-state index contributed by atoms with van der Waals surface area (Å²) in [6.07, 6.45) is 3.70. The highest BCUT2D eigenvalue weighted by Crippen LogP contribution is 2.37. The second-order valence-corrected chi connectivity index (χ2v) is 8.47. The summed E-state index contributed by atoms with van der Waals surface area (Å²) in [5, 5.41) is 0. The van der Waals surface area contributed by atoms with Gasteiger partial charge < -0.3 is 18.6 Å². The Morgan fingerprint density at radius 1 is 0.897 bits per heavy atom. The number of anilines is 2. The minimum atomic E-state index is 0.304. The molecule has 0 saturated carbocycles. The zero-order chi connectivity index (χ0) is 20.5. The van der Waals surface area contributed by atoms with Crippen LogP contribution in [0.5, 0.6) is 0 Å². The third-order valence-corrected chi connectivity index (χ3v) is 5.46. The second-order valence-electron chi connectivity index (χ2n) is 8.47. The molecule has 0 bridgehead atoms. The first kappa shape index (κ1) is 19.6. The Kier molecular flexibility index (Phi) is 5.35. The summed E-state index contributed by atoms with van der Waals surface area (Å²) >= 11 is 0. The third kappa shape index (κ3) is 4.02. The summed E-state index contributed by atoms with van der Waals surface area (Å²) in [4.78, 5) is 13.7. The predicted octanol–water partition coefficient (Wildman–Crippen LogP) is 5.32. The highest BCUT2D eigenvalue weighted by atomic mass is 16.4. The maximum absolute atomic E-state index is 5.97. The molecule has 3 heterocycles. The van der Waals surface area contributed by atoms with E-state index in [-0.39, 0.29) is 0 Å². The molecule has 0 spiro atoms. The zero-order valence-corrected chi connectivity index (χ0v) is 17.9. The molecule has 6 heteroatoms. The number of benzene rings is 1. The van der Waals surface area contributed by atoms with Crippen LogP contribution >= 0.6 is 0 Å². The van der Waals surface area contributed by atoms with Crippen molar-refractivity contribution in [3.63, 3.8) is 0 Å². The first-order valence-corrected chi connectivity index (χ1v) is 10.4. The molecule has 0 fully saturated rings. The van der Waals surface area contributed by atoms with Gasteiger partial charge in [0.05, 0.1) is 36.9 Å². The summed E-state index contributed by atoms with van der Waals surface area (Å²) < 4.78 is 11.9. The van der Waals surface area contributed by atoms with Gasteiger partial charge in [0.25, 0.3) is 0 Å². The Bertz CT molecular complexity index is 959. The van der Waals surface area contributed by atoms with Gasteiger partial charge in [0.1, 0.15) is 11.5 Å². The fourth-order valence-electron chi connectivity index (χ4n) is 3.76. The van der Waals surface area contributed by atoms with Crippen molar-refractivity contribution in [1.29, 1.82) is 0 Å². The van der Waals surface area contributed by atoms with E-state index in [4.69, 9.17) is 8.83 Å². The normalized spacial score (nSPS) is 16.7. The van der Waals surface area contributed by atoms with Gasteiger partial charge in [-0.05, 0) is 19.1 Å². The van der Waals surface area contributed by atoms with Gasteiger partial charge in [0.2, 0.25) is 11.8 Å². The molecule has 154 valence electrons. The molecule has 6 nitrogen and oxygen atoms in total. The van der Waals surface area contributed by atoms with E-state index in [1.165, 1.54) is 11.4 Å². The molecule has 1 atom stereocenters. The molecule has 0 aliphatic carbocycles. The van der Waals surface area contributed by atoms with E-state index in [1.54, 1.807) is 0 Å². The summed E-state index contributed by atoms with van der Waals surface area (Å²) in [7, 11) is 0. The van der Waals surface area contributed by atoms with Crippen molar-refractivity contribution in [3.8, 4) is 0 Å². The molecule has 1 aromatic carbocycles. The van der Waals surface area contributed by atoms with Crippen molar-refractivity contribution in [3.05, 3.63) is 60.0 Å². The van der Waals surface area contributed by atoms with Crippen LogP contribution in [0.4, 0.5) is 11.4 Å². The van der Waals surface area contributed by atoms with Crippen molar-refractivity contribution in [2.45, 2.75) is 65.6 Å². The summed E-state index contributed by atoms with van der Waals surface area (Å²) in [5.74, 6) is 4.08. The Labute approximate surface area is 172 Å². The van der Waals surface area contributed by atoms with Gasteiger partial charge in [-0.25, -0.2) is 9.97 Å². The molecule has 1 unspecified atom stereocenters. The first-order valence-electron chi connectivity index (χ1n) is 10.4.